The fourth-order valence-corrected chi connectivity index (χ4v) is 2.87. The molecule has 0 aliphatic carbocycles. The molecule has 3 rings (SSSR count). The summed E-state index contributed by atoms with van der Waals surface area (Å²) in [6.07, 6.45) is 3.06. The van der Waals surface area contributed by atoms with Gasteiger partial charge in [-0.3, -0.25) is 0 Å². The Morgan fingerprint density at radius 3 is 2.27 bits per heavy atom. The molecular weight excluding hydrogens is 392 g/mol. The van der Waals surface area contributed by atoms with Gasteiger partial charge in [0, 0.05) is 24.0 Å². The number of ether oxygens (including phenoxy) is 4. The first-order valence-corrected chi connectivity index (χ1v) is 9.03. The predicted octanol–water partition coefficient (Wildman–Crippen LogP) is 3.18. The van der Waals surface area contributed by atoms with Crippen LogP contribution in [-0.2, 0) is 4.74 Å². The van der Waals surface area contributed by atoms with Gasteiger partial charge in [-0.15, -0.1) is 0 Å². The molecule has 2 aromatic heterocycles. The number of benzene rings is 1. The Balaban J connectivity index is 1.80. The van der Waals surface area contributed by atoms with Gasteiger partial charge in [-0.1, -0.05) is 0 Å². The number of nitrogens with zero attached hydrogens (tertiary/aromatic N) is 2. The van der Waals surface area contributed by atoms with Crippen molar-refractivity contribution in [1.29, 1.82) is 0 Å². The minimum atomic E-state index is -0.495. The zero-order valence-corrected chi connectivity index (χ0v) is 17.0. The largest absolute Gasteiger partial charge is 0.493 e. The molecule has 0 radical (unpaired) electrons. The molecule has 0 unspecified atom stereocenters. The van der Waals surface area contributed by atoms with Crippen molar-refractivity contribution in [3.05, 3.63) is 42.2 Å². The van der Waals surface area contributed by atoms with Crippen LogP contribution < -0.4 is 24.8 Å². The zero-order chi connectivity index (χ0) is 21.7. The van der Waals surface area contributed by atoms with Crippen LogP contribution in [0.2, 0.25) is 0 Å². The van der Waals surface area contributed by atoms with Crippen molar-refractivity contribution >= 4 is 28.9 Å². The highest BCUT2D eigenvalue weighted by Gasteiger charge is 2.16. The first-order chi connectivity index (χ1) is 14.5. The number of aromatic nitrogens is 2. The predicted molar refractivity (Wildman–Crippen MR) is 110 cm³/mol. The molecule has 0 saturated heterocycles. The van der Waals surface area contributed by atoms with E-state index in [1.807, 2.05) is 0 Å². The maximum absolute atomic E-state index is 12.5. The number of urea groups is 1. The van der Waals surface area contributed by atoms with Crippen molar-refractivity contribution in [3.63, 3.8) is 0 Å². The van der Waals surface area contributed by atoms with Gasteiger partial charge in [0.15, 0.2) is 11.5 Å². The Kier molecular flexibility index (Phi) is 6.26. The Bertz CT molecular complexity index is 1050. The average molecular weight is 414 g/mol. The SMILES string of the molecule is CCOC(=O)c1cnn2ccc(NC(=O)Nc3cc(OC)c(OC)c(OC)c3)cc12. The second-order valence-corrected chi connectivity index (χ2v) is 6.02. The summed E-state index contributed by atoms with van der Waals surface area (Å²) in [6, 6.07) is 6.02. The fraction of sp³-hybridized carbons (Fsp3) is 0.250. The van der Waals surface area contributed by atoms with Gasteiger partial charge >= 0.3 is 12.0 Å². The number of anilines is 2. The molecule has 0 aliphatic heterocycles. The normalized spacial score (nSPS) is 10.4. The molecule has 2 N–H and O–H groups in total. The van der Waals surface area contributed by atoms with E-state index in [-0.39, 0.29) is 6.61 Å². The maximum atomic E-state index is 12.5. The third kappa shape index (κ3) is 4.22. The maximum Gasteiger partial charge on any atom is 0.341 e. The number of fused-ring (bicyclic) bond motifs is 1. The fourth-order valence-electron chi connectivity index (χ4n) is 2.87. The smallest absolute Gasteiger partial charge is 0.341 e. The summed E-state index contributed by atoms with van der Waals surface area (Å²) in [5.41, 5.74) is 1.74. The number of methoxy groups -OCH3 is 3. The van der Waals surface area contributed by atoms with E-state index in [9.17, 15) is 9.59 Å². The Hall–Kier alpha value is -3.95. The van der Waals surface area contributed by atoms with Crippen molar-refractivity contribution in [2.75, 3.05) is 38.6 Å². The molecule has 2 amide bonds. The highest BCUT2D eigenvalue weighted by atomic mass is 16.5. The molecule has 30 heavy (non-hydrogen) atoms. The van der Waals surface area contributed by atoms with Gasteiger partial charge in [-0.25, -0.2) is 14.1 Å². The molecule has 0 atom stereocenters. The second-order valence-electron chi connectivity index (χ2n) is 6.02. The number of hydrogen-bond acceptors (Lipinski definition) is 7. The van der Waals surface area contributed by atoms with Crippen molar-refractivity contribution in [2.45, 2.75) is 6.92 Å². The molecule has 0 saturated carbocycles. The van der Waals surface area contributed by atoms with Crippen LogP contribution in [0.4, 0.5) is 16.2 Å². The highest BCUT2D eigenvalue weighted by molar-refractivity contribution is 6.02. The number of esters is 1. The zero-order valence-electron chi connectivity index (χ0n) is 17.0. The van der Waals surface area contributed by atoms with E-state index in [4.69, 9.17) is 18.9 Å². The number of carbonyl (C=O) groups is 2. The van der Waals surface area contributed by atoms with Crippen molar-refractivity contribution in [1.82, 2.24) is 9.61 Å². The molecule has 158 valence electrons. The van der Waals surface area contributed by atoms with Gasteiger partial charge in [0.2, 0.25) is 5.75 Å². The van der Waals surface area contributed by atoms with E-state index in [2.05, 4.69) is 15.7 Å². The van der Waals surface area contributed by atoms with Gasteiger partial charge in [-0.05, 0) is 19.1 Å². The first-order valence-electron chi connectivity index (χ1n) is 9.03. The van der Waals surface area contributed by atoms with Crippen molar-refractivity contribution < 1.29 is 28.5 Å². The summed E-state index contributed by atoms with van der Waals surface area (Å²) in [5, 5.41) is 9.54. The van der Waals surface area contributed by atoms with E-state index < -0.39 is 12.0 Å². The van der Waals surface area contributed by atoms with Crippen LogP contribution in [0.3, 0.4) is 0 Å². The number of amides is 2. The molecule has 10 nitrogen and oxygen atoms in total. The Morgan fingerprint density at radius 1 is 1.00 bits per heavy atom. The number of rotatable bonds is 7. The molecule has 0 fully saturated rings. The Labute approximate surface area is 172 Å². The lowest BCUT2D eigenvalue weighted by Crippen LogP contribution is -2.19. The van der Waals surface area contributed by atoms with E-state index in [0.29, 0.717) is 39.7 Å². The third-order valence-electron chi connectivity index (χ3n) is 4.20. The lowest BCUT2D eigenvalue weighted by atomic mass is 10.2. The van der Waals surface area contributed by atoms with E-state index in [0.717, 1.165) is 0 Å². The molecule has 3 aromatic rings. The van der Waals surface area contributed by atoms with Crippen LogP contribution in [-0.4, -0.2) is 49.6 Å². The lowest BCUT2D eigenvalue weighted by molar-refractivity contribution is 0.0528. The van der Waals surface area contributed by atoms with Crippen molar-refractivity contribution in [3.8, 4) is 17.2 Å². The first kappa shape index (κ1) is 20.8. The quantitative estimate of drug-likeness (QED) is 0.571. The van der Waals surface area contributed by atoms with Gasteiger partial charge in [0.05, 0.1) is 45.3 Å². The molecule has 10 heteroatoms. The van der Waals surface area contributed by atoms with E-state index in [1.54, 1.807) is 37.4 Å². The van der Waals surface area contributed by atoms with Crippen LogP contribution in [0.5, 0.6) is 17.2 Å². The number of carbonyl (C=O) groups excluding carboxylic acids is 2. The van der Waals surface area contributed by atoms with Gasteiger partial charge in [0.25, 0.3) is 0 Å². The lowest BCUT2D eigenvalue weighted by Gasteiger charge is -2.15. The molecule has 0 spiro atoms. The summed E-state index contributed by atoms with van der Waals surface area (Å²) in [5.74, 6) is 0.758. The standard InChI is InChI=1S/C20H22N4O6/c1-5-30-19(25)14-11-21-24-7-6-12(8-15(14)24)22-20(26)23-13-9-16(27-2)18(29-4)17(10-13)28-3/h6-11H,5H2,1-4H3,(H2,22,23,26). The summed E-state index contributed by atoms with van der Waals surface area (Å²) in [4.78, 5) is 24.5. The van der Waals surface area contributed by atoms with Crippen LogP contribution in [0.1, 0.15) is 17.3 Å². The summed E-state index contributed by atoms with van der Waals surface area (Å²) >= 11 is 0. The molecular formula is C20H22N4O6. The van der Waals surface area contributed by atoms with Crippen LogP contribution >= 0.6 is 0 Å². The summed E-state index contributed by atoms with van der Waals surface area (Å²) in [7, 11) is 4.48. The minimum Gasteiger partial charge on any atom is -0.493 e. The monoisotopic (exact) mass is 414 g/mol. The van der Waals surface area contributed by atoms with Crippen LogP contribution in [0.15, 0.2) is 36.7 Å². The van der Waals surface area contributed by atoms with E-state index >= 15 is 0 Å². The number of pyridine rings is 1. The summed E-state index contributed by atoms with van der Waals surface area (Å²) < 4.78 is 22.4. The molecule has 0 bridgehead atoms. The third-order valence-corrected chi connectivity index (χ3v) is 4.20. The molecule has 2 heterocycles. The molecule has 0 aliphatic rings. The number of nitrogens with one attached hydrogen (secondary N) is 2. The van der Waals surface area contributed by atoms with Crippen LogP contribution in [0, 0.1) is 0 Å². The van der Waals surface area contributed by atoms with Gasteiger partial charge in [-0.2, -0.15) is 5.10 Å². The van der Waals surface area contributed by atoms with Crippen molar-refractivity contribution in [2.24, 2.45) is 0 Å². The van der Waals surface area contributed by atoms with Crippen LogP contribution in [0.25, 0.3) is 5.52 Å². The number of hydrogen-bond donors (Lipinski definition) is 2. The van der Waals surface area contributed by atoms with Gasteiger partial charge in [0.1, 0.15) is 5.56 Å². The Morgan fingerprint density at radius 2 is 1.67 bits per heavy atom. The average Bonchev–Trinajstić information content (AvgIpc) is 3.16. The van der Waals surface area contributed by atoms with E-state index in [1.165, 1.54) is 32.0 Å². The topological polar surface area (TPSA) is 112 Å². The van der Waals surface area contributed by atoms with Gasteiger partial charge < -0.3 is 29.6 Å². The second kappa shape index (κ2) is 9.03. The molecule has 1 aromatic carbocycles. The minimum absolute atomic E-state index is 0.255. The highest BCUT2D eigenvalue weighted by Crippen LogP contribution is 2.39. The summed E-state index contributed by atoms with van der Waals surface area (Å²) in [6.45, 7) is 1.98.